The molecule has 1 aromatic heterocycles. The Kier molecular flexibility index (Phi) is 4.13. The molecule has 0 aliphatic heterocycles. The van der Waals surface area contributed by atoms with Crippen molar-refractivity contribution in [3.8, 4) is 16.7 Å². The third-order valence-corrected chi connectivity index (χ3v) is 4.60. The molecule has 1 N–H and O–H groups in total. The normalized spacial score (nSPS) is 14.1. The van der Waals surface area contributed by atoms with E-state index in [0.717, 1.165) is 34.3 Å². The molecule has 3 aromatic rings. The van der Waals surface area contributed by atoms with E-state index < -0.39 is 0 Å². The van der Waals surface area contributed by atoms with Crippen LogP contribution in [-0.2, 0) is 0 Å². The minimum Gasteiger partial charge on any atom is -0.492 e. The van der Waals surface area contributed by atoms with Crippen molar-refractivity contribution in [3.63, 3.8) is 0 Å². The van der Waals surface area contributed by atoms with E-state index in [1.807, 2.05) is 48.5 Å². The number of aromatic nitrogens is 1. The lowest BCUT2D eigenvalue weighted by Gasteiger charge is -2.07. The van der Waals surface area contributed by atoms with Crippen molar-refractivity contribution in [1.29, 1.82) is 0 Å². The molecule has 1 heterocycles. The van der Waals surface area contributed by atoms with E-state index in [1.54, 1.807) is 11.3 Å². The fraction of sp³-hybridized carbons (Fsp3) is 0.278. The maximum Gasteiger partial charge on any atom is 0.279 e. The number of hydrogen-bond acceptors (Lipinski definition) is 5. The molecule has 4 nitrogen and oxygen atoms in total. The fourth-order valence-electron chi connectivity index (χ4n) is 2.32. The SMILES string of the molecule is c1ccc2sc(Oc3ccc(OCCNC4CC4)cc3)nc2c1. The topological polar surface area (TPSA) is 43.4 Å². The summed E-state index contributed by atoms with van der Waals surface area (Å²) < 4.78 is 12.7. The third kappa shape index (κ3) is 3.81. The Hall–Kier alpha value is -2.11. The Labute approximate surface area is 139 Å². The number of para-hydroxylation sites is 1. The van der Waals surface area contributed by atoms with Gasteiger partial charge in [-0.15, -0.1) is 0 Å². The number of nitrogens with one attached hydrogen (secondary N) is 1. The summed E-state index contributed by atoms with van der Waals surface area (Å²) in [7, 11) is 0. The van der Waals surface area contributed by atoms with E-state index in [1.165, 1.54) is 12.8 Å². The first-order valence-corrected chi connectivity index (χ1v) is 8.68. The van der Waals surface area contributed by atoms with Gasteiger partial charge in [-0.3, -0.25) is 0 Å². The highest BCUT2D eigenvalue weighted by Crippen LogP contribution is 2.31. The number of rotatable bonds is 7. The van der Waals surface area contributed by atoms with Gasteiger partial charge in [-0.05, 0) is 49.2 Å². The molecule has 1 saturated carbocycles. The van der Waals surface area contributed by atoms with Crippen LogP contribution in [0, 0.1) is 0 Å². The van der Waals surface area contributed by atoms with E-state index in [-0.39, 0.29) is 0 Å². The number of nitrogens with zero attached hydrogens (tertiary/aromatic N) is 1. The Morgan fingerprint density at radius 2 is 1.83 bits per heavy atom. The molecule has 0 radical (unpaired) electrons. The Bertz CT molecular complexity index is 748. The first-order valence-electron chi connectivity index (χ1n) is 7.86. The van der Waals surface area contributed by atoms with Gasteiger partial charge in [0.1, 0.15) is 18.1 Å². The zero-order chi connectivity index (χ0) is 15.5. The maximum absolute atomic E-state index is 5.82. The molecule has 0 bridgehead atoms. The highest BCUT2D eigenvalue weighted by molar-refractivity contribution is 7.20. The van der Waals surface area contributed by atoms with Gasteiger partial charge in [-0.1, -0.05) is 23.5 Å². The van der Waals surface area contributed by atoms with Gasteiger partial charge in [0.15, 0.2) is 0 Å². The average molecular weight is 326 g/mol. The van der Waals surface area contributed by atoms with Crippen LogP contribution in [0.1, 0.15) is 12.8 Å². The number of thiazole rings is 1. The summed E-state index contributed by atoms with van der Waals surface area (Å²) >= 11 is 1.55. The van der Waals surface area contributed by atoms with Gasteiger partial charge in [0, 0.05) is 12.6 Å². The summed E-state index contributed by atoms with van der Waals surface area (Å²) in [6, 6.07) is 16.4. The zero-order valence-corrected chi connectivity index (χ0v) is 13.5. The average Bonchev–Trinajstić information content (AvgIpc) is 3.31. The van der Waals surface area contributed by atoms with Crippen LogP contribution in [0.25, 0.3) is 10.2 Å². The van der Waals surface area contributed by atoms with E-state index in [4.69, 9.17) is 9.47 Å². The lowest BCUT2D eigenvalue weighted by atomic mass is 10.3. The van der Waals surface area contributed by atoms with Crippen LogP contribution in [0.4, 0.5) is 0 Å². The van der Waals surface area contributed by atoms with Crippen LogP contribution < -0.4 is 14.8 Å². The monoisotopic (exact) mass is 326 g/mol. The van der Waals surface area contributed by atoms with Crippen molar-refractivity contribution in [2.75, 3.05) is 13.2 Å². The van der Waals surface area contributed by atoms with Crippen LogP contribution in [0.5, 0.6) is 16.7 Å². The van der Waals surface area contributed by atoms with Crippen LogP contribution in [-0.4, -0.2) is 24.2 Å². The quantitative estimate of drug-likeness (QED) is 0.660. The number of hydrogen-bond donors (Lipinski definition) is 1. The molecular formula is C18H18N2O2S. The number of ether oxygens (including phenoxy) is 2. The van der Waals surface area contributed by atoms with E-state index in [0.29, 0.717) is 11.8 Å². The van der Waals surface area contributed by atoms with Crippen molar-refractivity contribution in [3.05, 3.63) is 48.5 Å². The summed E-state index contributed by atoms with van der Waals surface area (Å²) in [5.74, 6) is 1.63. The Morgan fingerprint density at radius 3 is 2.61 bits per heavy atom. The Balaban J connectivity index is 1.33. The molecule has 2 aromatic carbocycles. The van der Waals surface area contributed by atoms with Crippen LogP contribution in [0.15, 0.2) is 48.5 Å². The lowest BCUT2D eigenvalue weighted by Crippen LogP contribution is -2.22. The number of fused-ring (bicyclic) bond motifs is 1. The molecule has 1 aliphatic rings. The predicted octanol–water partition coefficient (Wildman–Crippen LogP) is 4.22. The molecule has 0 unspecified atom stereocenters. The molecule has 23 heavy (non-hydrogen) atoms. The van der Waals surface area contributed by atoms with Gasteiger partial charge in [-0.2, -0.15) is 0 Å². The molecule has 0 atom stereocenters. The molecule has 118 valence electrons. The van der Waals surface area contributed by atoms with Crippen LogP contribution >= 0.6 is 11.3 Å². The molecular weight excluding hydrogens is 308 g/mol. The second kappa shape index (κ2) is 6.56. The van der Waals surface area contributed by atoms with Crippen molar-refractivity contribution >= 4 is 21.6 Å². The van der Waals surface area contributed by atoms with E-state index >= 15 is 0 Å². The van der Waals surface area contributed by atoms with Gasteiger partial charge in [0.25, 0.3) is 5.19 Å². The van der Waals surface area contributed by atoms with Crippen LogP contribution in [0.2, 0.25) is 0 Å². The van der Waals surface area contributed by atoms with E-state index in [9.17, 15) is 0 Å². The predicted molar refractivity (Wildman–Crippen MR) is 92.7 cm³/mol. The summed E-state index contributed by atoms with van der Waals surface area (Å²) in [6.45, 7) is 1.59. The molecule has 4 rings (SSSR count). The van der Waals surface area contributed by atoms with Gasteiger partial charge in [0.05, 0.1) is 10.2 Å². The minimum atomic E-state index is 0.661. The largest absolute Gasteiger partial charge is 0.492 e. The number of benzene rings is 2. The van der Waals surface area contributed by atoms with Crippen molar-refractivity contribution in [2.24, 2.45) is 0 Å². The molecule has 1 fully saturated rings. The van der Waals surface area contributed by atoms with Gasteiger partial charge in [-0.25, -0.2) is 4.98 Å². The maximum atomic E-state index is 5.82. The molecule has 0 spiro atoms. The molecule has 5 heteroatoms. The van der Waals surface area contributed by atoms with Gasteiger partial charge >= 0.3 is 0 Å². The first kappa shape index (κ1) is 14.5. The van der Waals surface area contributed by atoms with E-state index in [2.05, 4.69) is 10.3 Å². The molecule has 0 amide bonds. The standard InChI is InChI=1S/C18H18N2O2S/c1-2-4-17-16(3-1)20-18(23-17)22-15-9-7-14(8-10-15)21-12-11-19-13-5-6-13/h1-4,7-10,13,19H,5-6,11-12H2. The first-order chi connectivity index (χ1) is 11.4. The lowest BCUT2D eigenvalue weighted by molar-refractivity contribution is 0.313. The highest BCUT2D eigenvalue weighted by Gasteiger charge is 2.19. The zero-order valence-electron chi connectivity index (χ0n) is 12.7. The third-order valence-electron chi connectivity index (χ3n) is 3.68. The molecule has 1 aliphatic carbocycles. The summed E-state index contributed by atoms with van der Waals surface area (Å²) in [5.41, 5.74) is 0.968. The smallest absolute Gasteiger partial charge is 0.279 e. The minimum absolute atomic E-state index is 0.661. The van der Waals surface area contributed by atoms with Crippen molar-refractivity contribution in [2.45, 2.75) is 18.9 Å². The van der Waals surface area contributed by atoms with Gasteiger partial charge in [0.2, 0.25) is 0 Å². The highest BCUT2D eigenvalue weighted by atomic mass is 32.1. The van der Waals surface area contributed by atoms with Crippen molar-refractivity contribution in [1.82, 2.24) is 10.3 Å². The second-order valence-corrected chi connectivity index (χ2v) is 6.59. The van der Waals surface area contributed by atoms with Gasteiger partial charge < -0.3 is 14.8 Å². The van der Waals surface area contributed by atoms with Crippen LogP contribution in [0.3, 0.4) is 0 Å². The summed E-state index contributed by atoms with van der Waals surface area (Å²) in [5, 5.41) is 4.09. The van der Waals surface area contributed by atoms with Crippen molar-refractivity contribution < 1.29 is 9.47 Å². The summed E-state index contributed by atoms with van der Waals surface area (Å²) in [6.07, 6.45) is 2.61. The molecule has 0 saturated heterocycles. The fourth-order valence-corrected chi connectivity index (χ4v) is 3.15. The summed E-state index contributed by atoms with van der Waals surface area (Å²) in [4.78, 5) is 4.47. The second-order valence-electron chi connectivity index (χ2n) is 5.60. The Morgan fingerprint density at radius 1 is 1.04 bits per heavy atom.